The highest BCUT2D eigenvalue weighted by Gasteiger charge is 2.20. The van der Waals surface area contributed by atoms with Crippen LogP contribution in [0.4, 0.5) is 0 Å². The van der Waals surface area contributed by atoms with Crippen LogP contribution in [0.25, 0.3) is 0 Å². The fourth-order valence-electron chi connectivity index (χ4n) is 2.48. The predicted molar refractivity (Wildman–Crippen MR) is 83.7 cm³/mol. The zero-order valence-electron chi connectivity index (χ0n) is 12.1. The van der Waals surface area contributed by atoms with E-state index in [4.69, 9.17) is 0 Å². The topological polar surface area (TPSA) is 34.8 Å². The molecular formula is C15H21BrN4. The summed E-state index contributed by atoms with van der Waals surface area (Å²) in [6, 6.07) is 5.06. The lowest BCUT2D eigenvalue weighted by molar-refractivity contribution is 0.578. The minimum Gasteiger partial charge on any atom is -0.344 e. The standard InChI is InChI=1S/C15H21BrN4/c1-3-20-14(15(16)11(2)18-20)10-19-8-4-5-13(19)9-17-12-6-7-12/h4-5,8,12,17H,3,6-7,9-10H2,1-2H3. The SMILES string of the molecule is CCn1nc(C)c(Br)c1Cn1cccc1CNC1CC1. The van der Waals surface area contributed by atoms with Crippen LogP contribution in [0.5, 0.6) is 0 Å². The van der Waals surface area contributed by atoms with Gasteiger partial charge < -0.3 is 9.88 Å². The van der Waals surface area contributed by atoms with Crippen molar-refractivity contribution in [2.24, 2.45) is 0 Å². The van der Waals surface area contributed by atoms with Crippen molar-refractivity contribution in [2.45, 2.75) is 52.4 Å². The van der Waals surface area contributed by atoms with E-state index in [1.807, 2.05) is 6.92 Å². The van der Waals surface area contributed by atoms with Crippen molar-refractivity contribution < 1.29 is 0 Å². The maximum Gasteiger partial charge on any atom is 0.0739 e. The quantitative estimate of drug-likeness (QED) is 0.879. The number of nitrogens with one attached hydrogen (secondary N) is 1. The normalized spacial score (nSPS) is 14.9. The molecule has 108 valence electrons. The van der Waals surface area contributed by atoms with Crippen molar-refractivity contribution in [2.75, 3.05) is 0 Å². The van der Waals surface area contributed by atoms with Gasteiger partial charge in [-0.3, -0.25) is 4.68 Å². The second kappa shape index (κ2) is 5.74. The molecule has 0 unspecified atom stereocenters. The smallest absolute Gasteiger partial charge is 0.0739 e. The van der Waals surface area contributed by atoms with Gasteiger partial charge in [0.25, 0.3) is 0 Å². The maximum atomic E-state index is 4.56. The van der Waals surface area contributed by atoms with Crippen molar-refractivity contribution in [3.63, 3.8) is 0 Å². The predicted octanol–water partition coefficient (Wildman–Crippen LogP) is 3.08. The Bertz CT molecular complexity index is 595. The van der Waals surface area contributed by atoms with E-state index in [9.17, 15) is 0 Å². The molecule has 5 heteroatoms. The molecule has 1 saturated carbocycles. The Kier molecular flexibility index (Phi) is 3.98. The van der Waals surface area contributed by atoms with Crippen LogP contribution in [0.15, 0.2) is 22.8 Å². The molecule has 2 aromatic heterocycles. The molecule has 0 aromatic carbocycles. The molecular weight excluding hydrogens is 316 g/mol. The average Bonchev–Trinajstić information content (AvgIpc) is 3.11. The lowest BCUT2D eigenvalue weighted by Crippen LogP contribution is -2.19. The molecule has 1 fully saturated rings. The first kappa shape index (κ1) is 13.9. The summed E-state index contributed by atoms with van der Waals surface area (Å²) in [6.07, 6.45) is 4.81. The summed E-state index contributed by atoms with van der Waals surface area (Å²) >= 11 is 3.67. The Morgan fingerprint density at radius 3 is 2.95 bits per heavy atom. The Morgan fingerprint density at radius 1 is 1.45 bits per heavy atom. The van der Waals surface area contributed by atoms with Gasteiger partial charge in [0, 0.05) is 31.0 Å². The summed E-state index contributed by atoms with van der Waals surface area (Å²) in [5.41, 5.74) is 3.64. The maximum absolute atomic E-state index is 4.56. The monoisotopic (exact) mass is 336 g/mol. The van der Waals surface area contributed by atoms with Crippen molar-refractivity contribution in [1.82, 2.24) is 19.7 Å². The number of aryl methyl sites for hydroxylation is 2. The van der Waals surface area contributed by atoms with E-state index in [0.29, 0.717) is 0 Å². The minimum atomic E-state index is 0.744. The number of hydrogen-bond acceptors (Lipinski definition) is 2. The third-order valence-corrected chi connectivity index (χ3v) is 4.88. The van der Waals surface area contributed by atoms with Crippen LogP contribution in [0.3, 0.4) is 0 Å². The summed E-state index contributed by atoms with van der Waals surface area (Å²) < 4.78 is 5.52. The fraction of sp³-hybridized carbons (Fsp3) is 0.533. The third kappa shape index (κ3) is 2.83. The van der Waals surface area contributed by atoms with E-state index in [-0.39, 0.29) is 0 Å². The molecule has 0 bridgehead atoms. The first-order valence-electron chi connectivity index (χ1n) is 7.28. The van der Waals surface area contributed by atoms with Crippen molar-refractivity contribution in [3.05, 3.63) is 39.9 Å². The van der Waals surface area contributed by atoms with Crippen LogP contribution in [-0.2, 0) is 19.6 Å². The zero-order valence-corrected chi connectivity index (χ0v) is 13.7. The van der Waals surface area contributed by atoms with Crippen molar-refractivity contribution in [3.8, 4) is 0 Å². The second-order valence-corrected chi connectivity index (χ2v) is 6.24. The Morgan fingerprint density at radius 2 is 2.25 bits per heavy atom. The number of nitrogens with zero attached hydrogens (tertiary/aromatic N) is 3. The van der Waals surface area contributed by atoms with E-state index in [2.05, 4.69) is 60.8 Å². The molecule has 2 aromatic rings. The van der Waals surface area contributed by atoms with Gasteiger partial charge in [-0.25, -0.2) is 0 Å². The zero-order chi connectivity index (χ0) is 14.1. The van der Waals surface area contributed by atoms with Crippen molar-refractivity contribution in [1.29, 1.82) is 0 Å². The molecule has 0 atom stereocenters. The van der Waals surface area contributed by atoms with Crippen LogP contribution in [0.2, 0.25) is 0 Å². The summed E-state index contributed by atoms with van der Waals surface area (Å²) in [6.45, 7) is 6.90. The second-order valence-electron chi connectivity index (χ2n) is 5.44. The van der Waals surface area contributed by atoms with Crippen molar-refractivity contribution >= 4 is 15.9 Å². The summed E-state index contributed by atoms with van der Waals surface area (Å²) in [7, 11) is 0. The number of aromatic nitrogens is 3. The van der Waals surface area contributed by atoms with Crippen LogP contribution < -0.4 is 5.32 Å². The first-order chi connectivity index (χ1) is 9.69. The molecule has 2 heterocycles. The minimum absolute atomic E-state index is 0.744. The van der Waals surface area contributed by atoms with E-state index < -0.39 is 0 Å². The Labute approximate surface area is 128 Å². The lowest BCUT2D eigenvalue weighted by atomic mass is 10.3. The highest BCUT2D eigenvalue weighted by molar-refractivity contribution is 9.10. The molecule has 0 spiro atoms. The molecule has 0 radical (unpaired) electrons. The van der Waals surface area contributed by atoms with E-state index in [1.165, 1.54) is 24.2 Å². The first-order valence-corrected chi connectivity index (χ1v) is 8.07. The molecule has 20 heavy (non-hydrogen) atoms. The number of rotatable bonds is 6. The van der Waals surface area contributed by atoms with Gasteiger partial charge in [0.15, 0.2) is 0 Å². The van der Waals surface area contributed by atoms with Crippen LogP contribution in [0, 0.1) is 6.92 Å². The van der Waals surface area contributed by atoms with Gasteiger partial charge in [-0.1, -0.05) is 0 Å². The highest BCUT2D eigenvalue weighted by atomic mass is 79.9. The van der Waals surface area contributed by atoms with Gasteiger partial charge in [0.2, 0.25) is 0 Å². The van der Waals surface area contributed by atoms with Crippen LogP contribution in [-0.4, -0.2) is 20.4 Å². The van der Waals surface area contributed by atoms with Gasteiger partial charge in [0.1, 0.15) is 0 Å². The summed E-state index contributed by atoms with van der Waals surface area (Å²) in [5.74, 6) is 0. The molecule has 0 aliphatic heterocycles. The number of halogens is 1. The van der Waals surface area contributed by atoms with Crippen LogP contribution >= 0.6 is 15.9 Å². The summed E-state index contributed by atoms with van der Waals surface area (Å²) in [5, 5.41) is 8.14. The highest BCUT2D eigenvalue weighted by Crippen LogP contribution is 2.23. The van der Waals surface area contributed by atoms with E-state index >= 15 is 0 Å². The van der Waals surface area contributed by atoms with Gasteiger partial charge in [-0.05, 0) is 54.8 Å². The summed E-state index contributed by atoms with van der Waals surface area (Å²) in [4.78, 5) is 0. The van der Waals surface area contributed by atoms with Gasteiger partial charge in [-0.2, -0.15) is 5.10 Å². The third-order valence-electron chi connectivity index (χ3n) is 3.85. The molecule has 1 aliphatic rings. The Hall–Kier alpha value is -1.07. The average molecular weight is 337 g/mol. The van der Waals surface area contributed by atoms with E-state index in [0.717, 1.165) is 35.8 Å². The Balaban J connectivity index is 1.78. The van der Waals surface area contributed by atoms with Gasteiger partial charge in [0.05, 0.1) is 22.4 Å². The van der Waals surface area contributed by atoms with Gasteiger partial charge in [-0.15, -0.1) is 0 Å². The largest absolute Gasteiger partial charge is 0.344 e. The lowest BCUT2D eigenvalue weighted by Gasteiger charge is -2.11. The number of hydrogen-bond donors (Lipinski definition) is 1. The molecule has 1 N–H and O–H groups in total. The molecule has 0 saturated heterocycles. The fourth-order valence-corrected chi connectivity index (χ4v) is 2.89. The van der Waals surface area contributed by atoms with E-state index in [1.54, 1.807) is 0 Å². The molecule has 3 rings (SSSR count). The van der Waals surface area contributed by atoms with Gasteiger partial charge >= 0.3 is 0 Å². The molecule has 4 nitrogen and oxygen atoms in total. The van der Waals surface area contributed by atoms with Crippen LogP contribution in [0.1, 0.15) is 36.8 Å². The molecule has 0 amide bonds. The molecule has 1 aliphatic carbocycles.